The summed E-state index contributed by atoms with van der Waals surface area (Å²) in [5.74, 6) is -0.693. The fraction of sp³-hybridized carbons (Fsp3) is 0.947. The first-order chi connectivity index (χ1) is 11.5. The number of aliphatic carboxylic acids is 1. The normalized spacial score (nSPS) is 13.0. The van der Waals surface area contributed by atoms with Crippen LogP contribution in [0.2, 0.25) is 0 Å². The van der Waals surface area contributed by atoms with E-state index in [4.69, 9.17) is 15.9 Å². The molecule has 0 saturated heterocycles. The fourth-order valence-corrected chi connectivity index (χ4v) is 2.45. The second-order valence-corrected chi connectivity index (χ2v) is 6.62. The lowest BCUT2D eigenvalue weighted by atomic mass is 9.92. The standard InChI is InChI=1S/C14H31NO2.C5H10O2/c1-2-3-4-5-6-7-8-9-10-14(17,13-15)11-12-16;1-2-3-4-5(6)7/h16-17H,2-13,15H2,1H3;2-4H2,1H3,(H,6,7). The molecule has 0 aliphatic heterocycles. The minimum Gasteiger partial charge on any atom is -0.481 e. The summed E-state index contributed by atoms with van der Waals surface area (Å²) in [5, 5.41) is 26.9. The highest BCUT2D eigenvalue weighted by molar-refractivity contribution is 5.66. The Morgan fingerprint density at radius 2 is 1.38 bits per heavy atom. The van der Waals surface area contributed by atoms with Crippen molar-refractivity contribution in [3.63, 3.8) is 0 Å². The number of nitrogens with two attached hydrogens (primary N) is 1. The van der Waals surface area contributed by atoms with Gasteiger partial charge in [0.05, 0.1) is 5.60 Å². The van der Waals surface area contributed by atoms with Gasteiger partial charge in [-0.05, 0) is 12.8 Å². The molecule has 0 fully saturated rings. The third-order valence-corrected chi connectivity index (χ3v) is 4.20. The van der Waals surface area contributed by atoms with Gasteiger partial charge < -0.3 is 21.1 Å². The molecule has 0 aromatic carbocycles. The van der Waals surface area contributed by atoms with Crippen LogP contribution in [0.1, 0.15) is 97.3 Å². The number of unbranched alkanes of at least 4 members (excludes halogenated alkanes) is 8. The van der Waals surface area contributed by atoms with Gasteiger partial charge in [-0.3, -0.25) is 4.79 Å². The quantitative estimate of drug-likeness (QED) is 0.337. The van der Waals surface area contributed by atoms with E-state index in [-0.39, 0.29) is 13.2 Å². The van der Waals surface area contributed by atoms with Crippen molar-refractivity contribution < 1.29 is 20.1 Å². The van der Waals surface area contributed by atoms with E-state index in [1.807, 2.05) is 6.92 Å². The molecule has 1 atom stereocenters. The van der Waals surface area contributed by atoms with Crippen molar-refractivity contribution in [2.24, 2.45) is 5.73 Å². The maximum atomic E-state index is 10.0. The van der Waals surface area contributed by atoms with Crippen molar-refractivity contribution in [3.05, 3.63) is 0 Å². The Labute approximate surface area is 148 Å². The summed E-state index contributed by atoms with van der Waals surface area (Å²) >= 11 is 0. The maximum Gasteiger partial charge on any atom is 0.303 e. The first-order valence-electron chi connectivity index (χ1n) is 9.70. The van der Waals surface area contributed by atoms with Gasteiger partial charge in [0.25, 0.3) is 0 Å². The monoisotopic (exact) mass is 347 g/mol. The number of aliphatic hydroxyl groups excluding tert-OH is 1. The van der Waals surface area contributed by atoms with Crippen molar-refractivity contribution in [3.8, 4) is 0 Å². The van der Waals surface area contributed by atoms with Gasteiger partial charge in [0.2, 0.25) is 0 Å². The molecule has 0 heterocycles. The molecule has 0 radical (unpaired) electrons. The Kier molecular flexibility index (Phi) is 19.9. The average molecular weight is 348 g/mol. The van der Waals surface area contributed by atoms with Crippen LogP contribution in [0.4, 0.5) is 0 Å². The molecule has 0 amide bonds. The predicted octanol–water partition coefficient (Wildman–Crippen LogP) is 3.85. The van der Waals surface area contributed by atoms with Gasteiger partial charge in [0.15, 0.2) is 0 Å². The number of rotatable bonds is 15. The lowest BCUT2D eigenvalue weighted by molar-refractivity contribution is -0.137. The maximum absolute atomic E-state index is 10.0. The summed E-state index contributed by atoms with van der Waals surface area (Å²) in [6.07, 6.45) is 13.3. The second kappa shape index (κ2) is 18.7. The third-order valence-electron chi connectivity index (χ3n) is 4.20. The average Bonchev–Trinajstić information content (AvgIpc) is 2.56. The van der Waals surface area contributed by atoms with Crippen LogP contribution in [0, 0.1) is 0 Å². The summed E-state index contributed by atoms with van der Waals surface area (Å²) in [4.78, 5) is 9.76. The summed E-state index contributed by atoms with van der Waals surface area (Å²) in [7, 11) is 0. The molecule has 5 heteroatoms. The number of carboxylic acid groups (broad SMARTS) is 1. The van der Waals surface area contributed by atoms with Gasteiger partial charge in [-0.1, -0.05) is 71.6 Å². The van der Waals surface area contributed by atoms with E-state index in [0.717, 1.165) is 25.7 Å². The molecule has 1 unspecified atom stereocenters. The Morgan fingerprint density at radius 1 is 0.875 bits per heavy atom. The topological polar surface area (TPSA) is 104 Å². The molecule has 5 nitrogen and oxygen atoms in total. The van der Waals surface area contributed by atoms with E-state index in [0.29, 0.717) is 12.8 Å². The molecular formula is C19H41NO4. The van der Waals surface area contributed by atoms with Crippen LogP contribution in [0.3, 0.4) is 0 Å². The number of aliphatic hydroxyl groups is 2. The summed E-state index contributed by atoms with van der Waals surface area (Å²) in [6.45, 7) is 4.48. The molecule has 0 aliphatic carbocycles. The molecule has 0 saturated carbocycles. The molecule has 0 aliphatic rings. The number of carboxylic acids is 1. The van der Waals surface area contributed by atoms with Crippen LogP contribution < -0.4 is 5.73 Å². The van der Waals surface area contributed by atoms with Crippen molar-refractivity contribution in [2.45, 2.75) is 103 Å². The highest BCUT2D eigenvalue weighted by atomic mass is 16.4. The Bertz CT molecular complexity index is 274. The lowest BCUT2D eigenvalue weighted by Crippen LogP contribution is -2.38. The highest BCUT2D eigenvalue weighted by Gasteiger charge is 2.23. The minimum absolute atomic E-state index is 0.0186. The van der Waals surface area contributed by atoms with Crippen LogP contribution in [0.25, 0.3) is 0 Å². The van der Waals surface area contributed by atoms with Crippen LogP contribution in [0.15, 0.2) is 0 Å². The Morgan fingerprint density at radius 3 is 1.75 bits per heavy atom. The van der Waals surface area contributed by atoms with E-state index in [2.05, 4.69) is 6.92 Å². The summed E-state index contributed by atoms with van der Waals surface area (Å²) < 4.78 is 0. The van der Waals surface area contributed by atoms with Crippen molar-refractivity contribution in [1.29, 1.82) is 0 Å². The third kappa shape index (κ3) is 19.4. The lowest BCUT2D eigenvalue weighted by Gasteiger charge is -2.25. The zero-order valence-electron chi connectivity index (χ0n) is 15.9. The van der Waals surface area contributed by atoms with E-state index >= 15 is 0 Å². The van der Waals surface area contributed by atoms with Crippen molar-refractivity contribution >= 4 is 5.97 Å². The molecule has 0 aromatic heterocycles. The van der Waals surface area contributed by atoms with Gasteiger partial charge in [0, 0.05) is 26.0 Å². The molecule has 0 spiro atoms. The number of hydrogen-bond donors (Lipinski definition) is 4. The molecule has 0 rings (SSSR count). The number of carbonyl (C=O) groups is 1. The van der Waals surface area contributed by atoms with Crippen LogP contribution in [0.5, 0.6) is 0 Å². The largest absolute Gasteiger partial charge is 0.481 e. The Balaban J connectivity index is 0. The summed E-state index contributed by atoms with van der Waals surface area (Å²) in [5.41, 5.74) is 4.69. The first-order valence-corrected chi connectivity index (χ1v) is 9.70. The molecule has 5 N–H and O–H groups in total. The minimum atomic E-state index is -0.836. The van der Waals surface area contributed by atoms with Crippen LogP contribution in [-0.4, -0.2) is 40.0 Å². The molecule has 146 valence electrons. The fourth-order valence-electron chi connectivity index (χ4n) is 2.45. The Hall–Kier alpha value is -0.650. The van der Waals surface area contributed by atoms with E-state index in [1.54, 1.807) is 0 Å². The van der Waals surface area contributed by atoms with Crippen LogP contribution >= 0.6 is 0 Å². The zero-order valence-corrected chi connectivity index (χ0v) is 15.9. The van der Waals surface area contributed by atoms with Gasteiger partial charge in [0.1, 0.15) is 0 Å². The number of hydrogen-bond acceptors (Lipinski definition) is 4. The molecule has 24 heavy (non-hydrogen) atoms. The summed E-state index contributed by atoms with van der Waals surface area (Å²) in [6, 6.07) is 0. The van der Waals surface area contributed by atoms with Gasteiger partial charge in [-0.2, -0.15) is 0 Å². The first kappa shape index (κ1) is 25.6. The molecular weight excluding hydrogens is 306 g/mol. The van der Waals surface area contributed by atoms with E-state index < -0.39 is 11.6 Å². The predicted molar refractivity (Wildman–Crippen MR) is 100 cm³/mol. The molecule has 0 aromatic rings. The zero-order chi connectivity index (χ0) is 18.7. The van der Waals surface area contributed by atoms with Crippen LogP contribution in [-0.2, 0) is 4.79 Å². The van der Waals surface area contributed by atoms with Gasteiger partial charge >= 0.3 is 5.97 Å². The van der Waals surface area contributed by atoms with Gasteiger partial charge in [-0.25, -0.2) is 0 Å². The van der Waals surface area contributed by atoms with Crippen molar-refractivity contribution in [1.82, 2.24) is 0 Å². The SMILES string of the molecule is CCCCC(=O)O.CCCCCCCCCCC(O)(CN)CCO. The van der Waals surface area contributed by atoms with E-state index in [9.17, 15) is 9.90 Å². The molecule has 0 bridgehead atoms. The second-order valence-electron chi connectivity index (χ2n) is 6.62. The van der Waals surface area contributed by atoms with E-state index in [1.165, 1.54) is 44.9 Å². The highest BCUT2D eigenvalue weighted by Crippen LogP contribution is 2.18. The smallest absolute Gasteiger partial charge is 0.303 e. The van der Waals surface area contributed by atoms with Crippen molar-refractivity contribution in [2.75, 3.05) is 13.2 Å². The van der Waals surface area contributed by atoms with Gasteiger partial charge in [-0.15, -0.1) is 0 Å².